The van der Waals surface area contributed by atoms with E-state index in [1.807, 2.05) is 19.1 Å². The predicted octanol–water partition coefficient (Wildman–Crippen LogP) is 3.39. The first-order valence-corrected chi connectivity index (χ1v) is 9.52. The lowest BCUT2D eigenvalue weighted by Gasteiger charge is -2.10. The van der Waals surface area contributed by atoms with Crippen LogP contribution in [0.5, 0.6) is 0 Å². The average Bonchev–Trinajstić information content (AvgIpc) is 3.15. The van der Waals surface area contributed by atoms with Crippen LogP contribution in [-0.2, 0) is 6.42 Å². The van der Waals surface area contributed by atoms with Crippen LogP contribution in [0.15, 0.2) is 54.7 Å². The van der Waals surface area contributed by atoms with Gasteiger partial charge in [-0.25, -0.2) is 9.07 Å². The molecule has 0 aliphatic heterocycles. The lowest BCUT2D eigenvalue weighted by Crippen LogP contribution is -2.35. The highest BCUT2D eigenvalue weighted by Crippen LogP contribution is 2.19. The maximum atomic E-state index is 13.6. The van der Waals surface area contributed by atoms with Crippen LogP contribution in [0, 0.1) is 5.82 Å². The van der Waals surface area contributed by atoms with Gasteiger partial charge in [-0.05, 0) is 36.8 Å². The second-order valence-corrected chi connectivity index (χ2v) is 6.68. The second-order valence-electron chi connectivity index (χ2n) is 6.24. The molecular formula is C21H20ClFN4O2. The van der Waals surface area contributed by atoms with Crippen molar-refractivity contribution in [3.05, 3.63) is 82.4 Å². The molecule has 2 amide bonds. The zero-order chi connectivity index (χ0) is 20.8. The molecule has 1 aromatic heterocycles. The number of nitrogens with one attached hydrogen (secondary N) is 2. The summed E-state index contributed by atoms with van der Waals surface area (Å²) in [5.41, 5.74) is 1.94. The summed E-state index contributed by atoms with van der Waals surface area (Å²) in [7, 11) is 0. The van der Waals surface area contributed by atoms with Crippen LogP contribution in [0.4, 0.5) is 4.39 Å². The van der Waals surface area contributed by atoms with E-state index in [0.29, 0.717) is 17.0 Å². The summed E-state index contributed by atoms with van der Waals surface area (Å²) in [4.78, 5) is 24.5. The van der Waals surface area contributed by atoms with Gasteiger partial charge in [-0.3, -0.25) is 9.59 Å². The van der Waals surface area contributed by atoms with Crippen molar-refractivity contribution >= 4 is 23.4 Å². The minimum atomic E-state index is -0.588. The number of nitrogens with zero attached hydrogens (tertiary/aromatic N) is 2. The Morgan fingerprint density at radius 3 is 2.38 bits per heavy atom. The number of amides is 2. The number of hydrogen-bond donors (Lipinski definition) is 2. The molecule has 0 aliphatic rings. The molecule has 0 saturated heterocycles. The van der Waals surface area contributed by atoms with E-state index in [-0.39, 0.29) is 24.6 Å². The van der Waals surface area contributed by atoms with E-state index in [1.54, 1.807) is 22.9 Å². The van der Waals surface area contributed by atoms with Gasteiger partial charge in [0.1, 0.15) is 5.82 Å². The molecule has 0 fully saturated rings. The number of hydrogen-bond acceptors (Lipinski definition) is 3. The molecule has 3 aromatic rings. The van der Waals surface area contributed by atoms with Gasteiger partial charge in [-0.15, -0.1) is 0 Å². The lowest BCUT2D eigenvalue weighted by atomic mass is 10.2. The molecule has 0 saturated carbocycles. The zero-order valence-electron chi connectivity index (χ0n) is 15.8. The highest BCUT2D eigenvalue weighted by molar-refractivity contribution is 6.30. The summed E-state index contributed by atoms with van der Waals surface area (Å²) in [6, 6.07) is 12.9. The molecule has 29 heavy (non-hydrogen) atoms. The number of aromatic nitrogens is 2. The van der Waals surface area contributed by atoms with Crippen LogP contribution >= 0.6 is 11.6 Å². The Balaban J connectivity index is 1.60. The first-order chi connectivity index (χ1) is 14.0. The maximum absolute atomic E-state index is 13.6. The van der Waals surface area contributed by atoms with Crippen LogP contribution in [-0.4, -0.2) is 34.7 Å². The standard InChI is InChI=1S/C21H20ClFN4O2/c1-2-19-17(13-26-27(19)15-7-5-6-14(22)12-15)21(29)25-11-10-24-20(28)16-8-3-4-9-18(16)23/h3-9,12-13H,2,10-11H2,1H3,(H,24,28)(H,25,29). The highest BCUT2D eigenvalue weighted by Gasteiger charge is 2.17. The van der Waals surface area contributed by atoms with Gasteiger partial charge in [0.2, 0.25) is 0 Å². The van der Waals surface area contributed by atoms with E-state index in [4.69, 9.17) is 11.6 Å². The number of halogens is 2. The average molecular weight is 415 g/mol. The van der Waals surface area contributed by atoms with Gasteiger partial charge >= 0.3 is 0 Å². The van der Waals surface area contributed by atoms with Gasteiger partial charge < -0.3 is 10.6 Å². The topological polar surface area (TPSA) is 76.0 Å². The molecule has 8 heteroatoms. The fraction of sp³-hybridized carbons (Fsp3) is 0.190. The Morgan fingerprint density at radius 1 is 1.03 bits per heavy atom. The molecule has 0 atom stereocenters. The van der Waals surface area contributed by atoms with Crippen LogP contribution in [0.2, 0.25) is 5.02 Å². The highest BCUT2D eigenvalue weighted by atomic mass is 35.5. The van der Waals surface area contributed by atoms with Crippen molar-refractivity contribution in [3.8, 4) is 5.69 Å². The third-order valence-corrected chi connectivity index (χ3v) is 4.55. The first kappa shape index (κ1) is 20.5. The maximum Gasteiger partial charge on any atom is 0.254 e. The molecule has 0 spiro atoms. The minimum Gasteiger partial charge on any atom is -0.350 e. The fourth-order valence-corrected chi connectivity index (χ4v) is 3.11. The molecule has 2 aromatic carbocycles. The van der Waals surface area contributed by atoms with Crippen LogP contribution in [0.1, 0.15) is 33.3 Å². The second kappa shape index (κ2) is 9.34. The number of benzene rings is 2. The van der Waals surface area contributed by atoms with Crippen LogP contribution in [0.25, 0.3) is 5.69 Å². The van der Waals surface area contributed by atoms with Crippen molar-refractivity contribution in [2.45, 2.75) is 13.3 Å². The molecule has 0 bridgehead atoms. The molecule has 3 rings (SSSR count). The molecule has 0 unspecified atom stereocenters. The van der Waals surface area contributed by atoms with Gasteiger partial charge in [-0.1, -0.05) is 36.7 Å². The molecule has 0 aliphatic carbocycles. The first-order valence-electron chi connectivity index (χ1n) is 9.15. The van der Waals surface area contributed by atoms with Gasteiger partial charge in [0.15, 0.2) is 0 Å². The van der Waals surface area contributed by atoms with E-state index in [0.717, 1.165) is 11.4 Å². The Morgan fingerprint density at radius 2 is 1.72 bits per heavy atom. The van der Waals surface area contributed by atoms with Gasteiger partial charge in [0, 0.05) is 18.1 Å². The molecule has 2 N–H and O–H groups in total. The molecule has 6 nitrogen and oxygen atoms in total. The quantitative estimate of drug-likeness (QED) is 0.582. The zero-order valence-corrected chi connectivity index (χ0v) is 16.5. The Kier molecular flexibility index (Phi) is 6.61. The molecular weight excluding hydrogens is 395 g/mol. The smallest absolute Gasteiger partial charge is 0.254 e. The lowest BCUT2D eigenvalue weighted by molar-refractivity contribution is 0.0925. The molecule has 1 heterocycles. The fourth-order valence-electron chi connectivity index (χ4n) is 2.92. The van der Waals surface area contributed by atoms with E-state index in [2.05, 4.69) is 15.7 Å². The number of carbonyl (C=O) groups excluding carboxylic acids is 2. The van der Waals surface area contributed by atoms with Crippen molar-refractivity contribution in [1.82, 2.24) is 20.4 Å². The SMILES string of the molecule is CCc1c(C(=O)NCCNC(=O)c2ccccc2F)cnn1-c1cccc(Cl)c1. The van der Waals surface area contributed by atoms with Crippen molar-refractivity contribution < 1.29 is 14.0 Å². The van der Waals surface area contributed by atoms with Crippen molar-refractivity contribution in [3.63, 3.8) is 0 Å². The molecule has 150 valence electrons. The summed E-state index contributed by atoms with van der Waals surface area (Å²) >= 11 is 6.05. The van der Waals surface area contributed by atoms with Gasteiger partial charge in [0.05, 0.1) is 28.7 Å². The number of rotatable bonds is 7. The van der Waals surface area contributed by atoms with Gasteiger partial charge in [-0.2, -0.15) is 5.10 Å². The Hall–Kier alpha value is -3.19. The largest absolute Gasteiger partial charge is 0.350 e. The van der Waals surface area contributed by atoms with E-state index in [9.17, 15) is 14.0 Å². The Bertz CT molecular complexity index is 1040. The van der Waals surface area contributed by atoms with E-state index < -0.39 is 11.7 Å². The van der Waals surface area contributed by atoms with Crippen LogP contribution < -0.4 is 10.6 Å². The number of carbonyl (C=O) groups is 2. The van der Waals surface area contributed by atoms with Crippen molar-refractivity contribution in [2.24, 2.45) is 0 Å². The third-order valence-electron chi connectivity index (χ3n) is 4.32. The summed E-state index contributed by atoms with van der Waals surface area (Å²) in [5.74, 6) is -1.41. The van der Waals surface area contributed by atoms with E-state index in [1.165, 1.54) is 24.4 Å². The summed E-state index contributed by atoms with van der Waals surface area (Å²) in [6.07, 6.45) is 2.10. The van der Waals surface area contributed by atoms with Crippen LogP contribution in [0.3, 0.4) is 0 Å². The molecule has 0 radical (unpaired) electrons. The van der Waals surface area contributed by atoms with E-state index >= 15 is 0 Å². The predicted molar refractivity (Wildman–Crippen MR) is 109 cm³/mol. The normalized spacial score (nSPS) is 10.6. The monoisotopic (exact) mass is 414 g/mol. The summed E-state index contributed by atoms with van der Waals surface area (Å²) in [5, 5.41) is 10.2. The van der Waals surface area contributed by atoms with Crippen molar-refractivity contribution in [2.75, 3.05) is 13.1 Å². The summed E-state index contributed by atoms with van der Waals surface area (Å²) < 4.78 is 15.3. The van der Waals surface area contributed by atoms with Crippen molar-refractivity contribution in [1.29, 1.82) is 0 Å². The van der Waals surface area contributed by atoms with Gasteiger partial charge in [0.25, 0.3) is 11.8 Å². The Labute approximate surface area is 172 Å². The minimum absolute atomic E-state index is 0.0325. The summed E-state index contributed by atoms with van der Waals surface area (Å²) in [6.45, 7) is 2.30. The third kappa shape index (κ3) is 4.81.